The van der Waals surface area contributed by atoms with Crippen LogP contribution in [0, 0.1) is 10.1 Å². The first-order valence-corrected chi connectivity index (χ1v) is 8.36. The molecule has 6 nitrogen and oxygen atoms in total. The summed E-state index contributed by atoms with van der Waals surface area (Å²) in [6.45, 7) is 0. The van der Waals surface area contributed by atoms with E-state index in [1.165, 1.54) is 27.7 Å². The van der Waals surface area contributed by atoms with Crippen LogP contribution in [0.1, 0.15) is 0 Å². The number of hydrogen-bond donors (Lipinski definition) is 0. The Morgan fingerprint density at radius 1 is 0.955 bits per heavy atom. The molecule has 110 valence electrons. The summed E-state index contributed by atoms with van der Waals surface area (Å²) in [6.07, 6.45) is 0. The summed E-state index contributed by atoms with van der Waals surface area (Å²) in [5.41, 5.74) is 0.889. The van der Waals surface area contributed by atoms with Crippen LogP contribution < -0.4 is 0 Å². The Labute approximate surface area is 133 Å². The van der Waals surface area contributed by atoms with E-state index in [1.807, 2.05) is 30.3 Å². The van der Waals surface area contributed by atoms with Gasteiger partial charge in [-0.25, -0.2) is 0 Å². The maximum Gasteiger partial charge on any atom is 0.288 e. The normalized spacial score (nSPS) is 10.5. The SMILES string of the molecule is O=[N+]([O-])c1ccccc1SSc1nnc(-c2ccccc2)o1. The van der Waals surface area contributed by atoms with Crippen LogP contribution in [0.3, 0.4) is 0 Å². The Morgan fingerprint density at radius 2 is 1.68 bits per heavy atom. The van der Waals surface area contributed by atoms with Crippen LogP contribution in [-0.4, -0.2) is 15.1 Å². The highest BCUT2D eigenvalue weighted by Gasteiger charge is 2.15. The molecule has 8 heteroatoms. The maximum atomic E-state index is 11.0. The molecule has 1 aromatic heterocycles. The van der Waals surface area contributed by atoms with Crippen molar-refractivity contribution in [2.24, 2.45) is 0 Å². The Morgan fingerprint density at radius 3 is 2.45 bits per heavy atom. The molecule has 0 saturated heterocycles. The number of rotatable bonds is 5. The molecule has 3 aromatic rings. The van der Waals surface area contributed by atoms with E-state index >= 15 is 0 Å². The van der Waals surface area contributed by atoms with E-state index in [1.54, 1.807) is 18.2 Å². The predicted octanol–water partition coefficient (Wildman–Crippen LogP) is 4.44. The summed E-state index contributed by atoms with van der Waals surface area (Å²) in [7, 11) is 2.41. The van der Waals surface area contributed by atoms with Gasteiger partial charge in [0.1, 0.15) is 0 Å². The Balaban J connectivity index is 1.73. The fraction of sp³-hybridized carbons (Fsp3) is 0. The highest BCUT2D eigenvalue weighted by molar-refractivity contribution is 8.76. The molecule has 1 heterocycles. The number of nitro benzene ring substituents is 1. The average Bonchev–Trinajstić information content (AvgIpc) is 3.03. The molecule has 0 spiro atoms. The topological polar surface area (TPSA) is 82.1 Å². The van der Waals surface area contributed by atoms with E-state index in [2.05, 4.69) is 10.2 Å². The van der Waals surface area contributed by atoms with Crippen LogP contribution in [0.25, 0.3) is 11.5 Å². The van der Waals surface area contributed by atoms with Gasteiger partial charge in [0.25, 0.3) is 10.9 Å². The van der Waals surface area contributed by atoms with Gasteiger partial charge < -0.3 is 4.42 Å². The van der Waals surface area contributed by atoms with Crippen molar-refractivity contribution < 1.29 is 9.34 Å². The van der Waals surface area contributed by atoms with Crippen LogP contribution in [0.15, 0.2) is 69.1 Å². The van der Waals surface area contributed by atoms with Crippen molar-refractivity contribution in [3.05, 3.63) is 64.7 Å². The third-order valence-corrected chi connectivity index (χ3v) is 4.82. The van der Waals surface area contributed by atoms with Gasteiger partial charge in [-0.05, 0) is 29.0 Å². The lowest BCUT2D eigenvalue weighted by Crippen LogP contribution is -1.88. The molecule has 0 radical (unpaired) electrons. The standard InChI is InChI=1S/C14H9N3O3S2/c18-17(19)11-8-4-5-9-12(11)21-22-14-16-15-13(20-14)10-6-2-1-3-7-10/h1-9H. The van der Waals surface area contributed by atoms with Gasteiger partial charge >= 0.3 is 0 Å². The Hall–Kier alpha value is -2.32. The summed E-state index contributed by atoms with van der Waals surface area (Å²) < 4.78 is 5.54. The smallest absolute Gasteiger partial charge is 0.288 e. The number of aromatic nitrogens is 2. The lowest BCUT2D eigenvalue weighted by molar-refractivity contribution is -0.387. The zero-order chi connectivity index (χ0) is 15.4. The maximum absolute atomic E-state index is 11.0. The molecule has 0 amide bonds. The number of hydrogen-bond acceptors (Lipinski definition) is 7. The second-order valence-corrected chi connectivity index (χ2v) is 6.25. The monoisotopic (exact) mass is 331 g/mol. The van der Waals surface area contributed by atoms with Gasteiger partial charge in [0, 0.05) is 22.4 Å². The largest absolute Gasteiger partial charge is 0.411 e. The lowest BCUT2D eigenvalue weighted by Gasteiger charge is -1.99. The predicted molar refractivity (Wildman–Crippen MR) is 84.5 cm³/mol. The van der Waals surface area contributed by atoms with E-state index < -0.39 is 4.92 Å². The second-order valence-electron chi connectivity index (χ2n) is 4.13. The molecule has 0 aliphatic rings. The fourth-order valence-electron chi connectivity index (χ4n) is 1.70. The fourth-order valence-corrected chi connectivity index (χ4v) is 3.52. The molecule has 0 bridgehead atoms. The molecule has 0 unspecified atom stereocenters. The zero-order valence-corrected chi connectivity index (χ0v) is 12.7. The van der Waals surface area contributed by atoms with Crippen LogP contribution in [0.4, 0.5) is 5.69 Å². The minimum absolute atomic E-state index is 0.0581. The number of para-hydroxylation sites is 1. The molecule has 0 aliphatic carbocycles. The van der Waals surface area contributed by atoms with Crippen LogP contribution in [0.2, 0.25) is 0 Å². The minimum atomic E-state index is -0.411. The van der Waals surface area contributed by atoms with E-state index in [4.69, 9.17) is 4.42 Å². The van der Waals surface area contributed by atoms with Crippen LogP contribution in [-0.2, 0) is 0 Å². The Bertz CT molecular complexity index is 793. The summed E-state index contributed by atoms with van der Waals surface area (Å²) in [5, 5.41) is 19.2. The first-order chi connectivity index (χ1) is 10.7. The number of benzene rings is 2. The van der Waals surface area contributed by atoms with Gasteiger partial charge in [0.15, 0.2) is 0 Å². The quantitative estimate of drug-likeness (QED) is 0.388. The number of nitro groups is 1. The molecule has 0 N–H and O–H groups in total. The molecular formula is C14H9N3O3S2. The lowest BCUT2D eigenvalue weighted by atomic mass is 10.2. The van der Waals surface area contributed by atoms with E-state index in [0.29, 0.717) is 16.0 Å². The second kappa shape index (κ2) is 6.63. The third-order valence-electron chi connectivity index (χ3n) is 2.69. The van der Waals surface area contributed by atoms with Gasteiger partial charge in [-0.2, -0.15) is 0 Å². The van der Waals surface area contributed by atoms with Gasteiger partial charge in [-0.3, -0.25) is 10.1 Å². The first-order valence-electron chi connectivity index (χ1n) is 6.21. The van der Waals surface area contributed by atoms with Crippen LogP contribution >= 0.6 is 21.6 Å². The first kappa shape index (κ1) is 14.6. The van der Waals surface area contributed by atoms with Gasteiger partial charge in [0.05, 0.1) is 9.82 Å². The van der Waals surface area contributed by atoms with Gasteiger partial charge in [-0.1, -0.05) is 35.4 Å². The summed E-state index contributed by atoms with van der Waals surface area (Å²) >= 11 is 0. The van der Waals surface area contributed by atoms with E-state index in [9.17, 15) is 10.1 Å². The summed E-state index contributed by atoms with van der Waals surface area (Å²) in [6, 6.07) is 15.9. The number of nitrogens with zero attached hydrogens (tertiary/aromatic N) is 3. The van der Waals surface area contributed by atoms with Crippen molar-refractivity contribution in [1.29, 1.82) is 0 Å². The van der Waals surface area contributed by atoms with E-state index in [0.717, 1.165) is 5.56 Å². The van der Waals surface area contributed by atoms with Crippen molar-refractivity contribution in [3.8, 4) is 11.5 Å². The third kappa shape index (κ3) is 3.29. The zero-order valence-electron chi connectivity index (χ0n) is 11.1. The molecule has 2 aromatic carbocycles. The van der Waals surface area contributed by atoms with Gasteiger partial charge in [-0.15, -0.1) is 5.10 Å². The minimum Gasteiger partial charge on any atom is -0.411 e. The summed E-state index contributed by atoms with van der Waals surface area (Å²) in [5.74, 6) is 0.422. The van der Waals surface area contributed by atoms with E-state index in [-0.39, 0.29) is 5.69 Å². The van der Waals surface area contributed by atoms with Crippen molar-refractivity contribution >= 4 is 27.3 Å². The highest BCUT2D eigenvalue weighted by Crippen LogP contribution is 2.41. The highest BCUT2D eigenvalue weighted by atomic mass is 33.1. The van der Waals surface area contributed by atoms with Crippen molar-refractivity contribution in [2.75, 3.05) is 0 Å². The Kier molecular flexibility index (Phi) is 4.40. The molecule has 0 atom stereocenters. The molecule has 3 rings (SSSR count). The molecule has 22 heavy (non-hydrogen) atoms. The van der Waals surface area contributed by atoms with Gasteiger partial charge in [0.2, 0.25) is 5.89 Å². The van der Waals surface area contributed by atoms with Crippen molar-refractivity contribution in [2.45, 2.75) is 10.1 Å². The van der Waals surface area contributed by atoms with Crippen LogP contribution in [0.5, 0.6) is 0 Å². The van der Waals surface area contributed by atoms with Crippen molar-refractivity contribution in [3.63, 3.8) is 0 Å². The average molecular weight is 331 g/mol. The molecule has 0 fully saturated rings. The molecule has 0 saturated carbocycles. The molecule has 0 aliphatic heterocycles. The molecular weight excluding hydrogens is 322 g/mol. The van der Waals surface area contributed by atoms with Crippen molar-refractivity contribution in [1.82, 2.24) is 10.2 Å². The summed E-state index contributed by atoms with van der Waals surface area (Å²) in [4.78, 5) is 11.1.